The number of methoxy groups -OCH3 is 1. The van der Waals surface area contributed by atoms with E-state index >= 15 is 0 Å². The van der Waals surface area contributed by atoms with E-state index in [-0.39, 0.29) is 5.56 Å². The zero-order chi connectivity index (χ0) is 21.5. The fraction of sp³-hybridized carbons (Fsp3) is 0.125. The smallest absolute Gasteiger partial charge is 0.339 e. The number of nitrogens with one attached hydrogen (secondary N) is 1. The van der Waals surface area contributed by atoms with E-state index in [2.05, 4.69) is 11.4 Å². The SMILES string of the molecule is COc1ccc(NC(=O)[C@H](C)OC(=O)c2ccccc2-c2ccccc2C#N)cc1. The number of hydrogen-bond acceptors (Lipinski definition) is 5. The Morgan fingerprint density at radius 3 is 2.23 bits per heavy atom. The van der Waals surface area contributed by atoms with Crippen molar-refractivity contribution in [1.29, 1.82) is 5.26 Å². The van der Waals surface area contributed by atoms with E-state index in [1.165, 1.54) is 6.92 Å². The molecule has 0 aromatic heterocycles. The van der Waals surface area contributed by atoms with Crippen LogP contribution in [-0.4, -0.2) is 25.1 Å². The third-order valence-electron chi connectivity index (χ3n) is 4.50. The van der Waals surface area contributed by atoms with Crippen LogP contribution in [0, 0.1) is 11.3 Å². The van der Waals surface area contributed by atoms with Gasteiger partial charge in [0.2, 0.25) is 0 Å². The first kappa shape index (κ1) is 20.6. The fourth-order valence-corrected chi connectivity index (χ4v) is 2.91. The highest BCUT2D eigenvalue weighted by atomic mass is 16.5. The molecule has 0 heterocycles. The number of carbonyl (C=O) groups excluding carboxylic acids is 2. The first-order valence-corrected chi connectivity index (χ1v) is 9.28. The predicted octanol–water partition coefficient (Wildman–Crippen LogP) is 4.42. The molecule has 1 amide bonds. The van der Waals surface area contributed by atoms with Crippen molar-refractivity contribution in [1.82, 2.24) is 0 Å². The summed E-state index contributed by atoms with van der Waals surface area (Å²) in [5, 5.41) is 12.1. The molecule has 150 valence electrons. The number of hydrogen-bond donors (Lipinski definition) is 1. The molecule has 0 saturated heterocycles. The number of nitriles is 1. The van der Waals surface area contributed by atoms with Crippen molar-refractivity contribution in [3.05, 3.63) is 83.9 Å². The predicted molar refractivity (Wildman–Crippen MR) is 113 cm³/mol. The van der Waals surface area contributed by atoms with Gasteiger partial charge < -0.3 is 14.8 Å². The zero-order valence-electron chi connectivity index (χ0n) is 16.6. The van der Waals surface area contributed by atoms with E-state index in [4.69, 9.17) is 9.47 Å². The minimum atomic E-state index is -1.01. The molecule has 3 aromatic carbocycles. The number of benzene rings is 3. The first-order chi connectivity index (χ1) is 14.5. The number of rotatable bonds is 6. The van der Waals surface area contributed by atoms with Crippen molar-refractivity contribution in [2.75, 3.05) is 12.4 Å². The molecule has 0 spiro atoms. The molecule has 30 heavy (non-hydrogen) atoms. The van der Waals surface area contributed by atoms with Gasteiger partial charge in [0.05, 0.1) is 24.3 Å². The van der Waals surface area contributed by atoms with Crippen LogP contribution in [0.3, 0.4) is 0 Å². The van der Waals surface area contributed by atoms with Gasteiger partial charge in [-0.15, -0.1) is 0 Å². The number of anilines is 1. The van der Waals surface area contributed by atoms with E-state index in [0.29, 0.717) is 28.1 Å². The molecule has 1 N–H and O–H groups in total. The molecule has 3 aromatic rings. The van der Waals surface area contributed by atoms with Gasteiger partial charge in [0.15, 0.2) is 6.10 Å². The van der Waals surface area contributed by atoms with Gasteiger partial charge in [-0.25, -0.2) is 4.79 Å². The van der Waals surface area contributed by atoms with E-state index in [9.17, 15) is 14.9 Å². The lowest BCUT2D eigenvalue weighted by Gasteiger charge is -2.15. The normalized spacial score (nSPS) is 11.1. The van der Waals surface area contributed by atoms with Gasteiger partial charge in [-0.3, -0.25) is 4.79 Å². The van der Waals surface area contributed by atoms with E-state index < -0.39 is 18.0 Å². The number of esters is 1. The molecule has 1 atom stereocenters. The van der Waals surface area contributed by atoms with Crippen LogP contribution < -0.4 is 10.1 Å². The summed E-state index contributed by atoms with van der Waals surface area (Å²) in [5.41, 5.74) is 2.49. The van der Waals surface area contributed by atoms with Gasteiger partial charge in [0.1, 0.15) is 5.75 Å². The molecule has 0 radical (unpaired) electrons. The molecule has 0 aliphatic rings. The standard InChI is InChI=1S/C24H20N2O4/c1-16(23(27)26-18-11-13-19(29-2)14-12-18)30-24(28)22-10-6-5-9-21(22)20-8-4-3-7-17(20)15-25/h3-14,16H,1-2H3,(H,26,27)/t16-/m0/s1. The maximum Gasteiger partial charge on any atom is 0.339 e. The van der Waals surface area contributed by atoms with Gasteiger partial charge >= 0.3 is 5.97 Å². The number of amides is 1. The molecular weight excluding hydrogens is 380 g/mol. The van der Waals surface area contributed by atoms with Crippen molar-refractivity contribution in [2.24, 2.45) is 0 Å². The highest BCUT2D eigenvalue weighted by Crippen LogP contribution is 2.27. The molecule has 3 rings (SSSR count). The van der Waals surface area contributed by atoms with Crippen molar-refractivity contribution >= 4 is 17.6 Å². The Morgan fingerprint density at radius 2 is 1.57 bits per heavy atom. The topological polar surface area (TPSA) is 88.4 Å². The van der Waals surface area contributed by atoms with Crippen molar-refractivity contribution < 1.29 is 19.1 Å². The lowest BCUT2D eigenvalue weighted by Crippen LogP contribution is -2.30. The Labute approximate surface area is 174 Å². The third-order valence-corrected chi connectivity index (χ3v) is 4.50. The summed E-state index contributed by atoms with van der Waals surface area (Å²) < 4.78 is 10.5. The monoisotopic (exact) mass is 400 g/mol. The maximum atomic E-state index is 12.8. The van der Waals surface area contributed by atoms with E-state index in [0.717, 1.165) is 0 Å². The maximum absolute atomic E-state index is 12.8. The Balaban J connectivity index is 1.76. The highest BCUT2D eigenvalue weighted by Gasteiger charge is 2.22. The second kappa shape index (κ2) is 9.39. The lowest BCUT2D eigenvalue weighted by molar-refractivity contribution is -0.123. The summed E-state index contributed by atoms with van der Waals surface area (Å²) in [5.74, 6) is -0.430. The summed E-state index contributed by atoms with van der Waals surface area (Å²) in [7, 11) is 1.56. The van der Waals surface area contributed by atoms with Crippen LogP contribution in [0.2, 0.25) is 0 Å². The number of nitrogens with zero attached hydrogens (tertiary/aromatic N) is 1. The largest absolute Gasteiger partial charge is 0.497 e. The number of carbonyl (C=O) groups is 2. The Morgan fingerprint density at radius 1 is 0.933 bits per heavy atom. The molecule has 0 fully saturated rings. The minimum absolute atomic E-state index is 0.282. The lowest BCUT2D eigenvalue weighted by atomic mass is 9.96. The molecule has 6 nitrogen and oxygen atoms in total. The summed E-state index contributed by atoms with van der Waals surface area (Å²) >= 11 is 0. The van der Waals surface area contributed by atoms with Crippen LogP contribution in [0.15, 0.2) is 72.8 Å². The van der Waals surface area contributed by atoms with Gasteiger partial charge in [-0.1, -0.05) is 36.4 Å². The average molecular weight is 400 g/mol. The fourth-order valence-electron chi connectivity index (χ4n) is 2.91. The summed E-state index contributed by atoms with van der Waals surface area (Å²) in [6.45, 7) is 1.50. The minimum Gasteiger partial charge on any atom is -0.497 e. The van der Waals surface area contributed by atoms with Crippen LogP contribution in [0.4, 0.5) is 5.69 Å². The zero-order valence-corrected chi connectivity index (χ0v) is 16.6. The van der Waals surface area contributed by atoms with Crippen LogP contribution >= 0.6 is 0 Å². The van der Waals surface area contributed by atoms with Crippen LogP contribution in [0.5, 0.6) is 5.75 Å². The Bertz CT molecular complexity index is 1100. The van der Waals surface area contributed by atoms with Crippen LogP contribution in [0.1, 0.15) is 22.8 Å². The molecule has 0 aliphatic heterocycles. The van der Waals surface area contributed by atoms with Gasteiger partial charge in [0.25, 0.3) is 5.91 Å². The second-order valence-corrected chi connectivity index (χ2v) is 6.47. The quantitative estimate of drug-likeness (QED) is 0.619. The van der Waals surface area contributed by atoms with Crippen molar-refractivity contribution in [3.63, 3.8) is 0 Å². The van der Waals surface area contributed by atoms with E-state index in [1.54, 1.807) is 79.9 Å². The molecule has 0 unspecified atom stereocenters. The Kier molecular flexibility index (Phi) is 6.46. The average Bonchev–Trinajstić information content (AvgIpc) is 2.79. The highest BCUT2D eigenvalue weighted by molar-refractivity contribution is 6.01. The van der Waals surface area contributed by atoms with Gasteiger partial charge in [-0.2, -0.15) is 5.26 Å². The number of ether oxygens (including phenoxy) is 2. The molecule has 0 bridgehead atoms. The molecule has 0 saturated carbocycles. The molecule has 0 aliphatic carbocycles. The van der Waals surface area contributed by atoms with Crippen molar-refractivity contribution in [2.45, 2.75) is 13.0 Å². The molecular formula is C24H20N2O4. The van der Waals surface area contributed by atoms with Crippen LogP contribution in [-0.2, 0) is 9.53 Å². The van der Waals surface area contributed by atoms with Crippen LogP contribution in [0.25, 0.3) is 11.1 Å². The summed E-state index contributed by atoms with van der Waals surface area (Å²) in [6, 6.07) is 22.8. The van der Waals surface area contributed by atoms with Gasteiger partial charge in [0, 0.05) is 11.3 Å². The second-order valence-electron chi connectivity index (χ2n) is 6.47. The Hall–Kier alpha value is -4.11. The van der Waals surface area contributed by atoms with E-state index in [1.807, 2.05) is 0 Å². The summed E-state index contributed by atoms with van der Waals surface area (Å²) in [6.07, 6.45) is -1.01. The summed E-state index contributed by atoms with van der Waals surface area (Å²) in [4.78, 5) is 25.2. The van der Waals surface area contributed by atoms with Crippen molar-refractivity contribution in [3.8, 4) is 22.9 Å². The van der Waals surface area contributed by atoms with Gasteiger partial charge in [-0.05, 0) is 48.9 Å². The first-order valence-electron chi connectivity index (χ1n) is 9.28. The molecule has 6 heteroatoms. The third kappa shape index (κ3) is 4.65.